The SMILES string of the molecule is CC(=O)N1CCC[C@@H](c2cncc(-c3cnn(C(C)C)c3)n2)C1. The molecule has 0 aliphatic carbocycles. The normalized spacial score (nSPS) is 18.4. The van der Waals surface area contributed by atoms with Crippen molar-refractivity contribution in [2.24, 2.45) is 0 Å². The summed E-state index contributed by atoms with van der Waals surface area (Å²) in [6, 6.07) is 0.322. The van der Waals surface area contributed by atoms with Gasteiger partial charge in [0.2, 0.25) is 5.91 Å². The Hall–Kier alpha value is -2.24. The highest BCUT2D eigenvalue weighted by molar-refractivity contribution is 5.73. The van der Waals surface area contributed by atoms with Crippen LogP contribution in [-0.4, -0.2) is 43.6 Å². The standard InChI is InChI=1S/C17H23N5O/c1-12(2)22-11-15(7-19-22)17-9-18-8-16(20-17)14-5-4-6-21(10-14)13(3)23/h7-9,11-12,14H,4-6,10H2,1-3H3/t14-/m1/s1. The molecule has 1 saturated heterocycles. The average molecular weight is 313 g/mol. The zero-order chi connectivity index (χ0) is 16.4. The van der Waals surface area contributed by atoms with Gasteiger partial charge in [0.15, 0.2) is 0 Å². The molecule has 23 heavy (non-hydrogen) atoms. The fraction of sp³-hybridized carbons (Fsp3) is 0.529. The lowest BCUT2D eigenvalue weighted by Gasteiger charge is -2.31. The second-order valence-corrected chi connectivity index (χ2v) is 6.44. The molecule has 0 bridgehead atoms. The third-order valence-electron chi connectivity index (χ3n) is 4.36. The second-order valence-electron chi connectivity index (χ2n) is 6.44. The Labute approximate surface area is 136 Å². The average Bonchev–Trinajstić information content (AvgIpc) is 3.05. The molecular formula is C17H23N5O. The minimum Gasteiger partial charge on any atom is -0.342 e. The summed E-state index contributed by atoms with van der Waals surface area (Å²) >= 11 is 0. The Kier molecular flexibility index (Phi) is 4.41. The molecule has 6 heteroatoms. The highest BCUT2D eigenvalue weighted by atomic mass is 16.2. The first-order valence-electron chi connectivity index (χ1n) is 8.16. The molecule has 122 valence electrons. The summed E-state index contributed by atoms with van der Waals surface area (Å²) in [4.78, 5) is 22.6. The first-order chi connectivity index (χ1) is 11.0. The highest BCUT2D eigenvalue weighted by Crippen LogP contribution is 2.27. The highest BCUT2D eigenvalue weighted by Gasteiger charge is 2.24. The minimum atomic E-state index is 0.136. The first kappa shape index (κ1) is 15.6. The van der Waals surface area contributed by atoms with E-state index in [0.717, 1.165) is 42.9 Å². The third-order valence-corrected chi connectivity index (χ3v) is 4.36. The quantitative estimate of drug-likeness (QED) is 0.874. The van der Waals surface area contributed by atoms with E-state index in [1.807, 2.05) is 28.2 Å². The first-order valence-corrected chi connectivity index (χ1v) is 8.16. The number of hydrogen-bond donors (Lipinski definition) is 0. The van der Waals surface area contributed by atoms with E-state index in [9.17, 15) is 4.79 Å². The van der Waals surface area contributed by atoms with Gasteiger partial charge in [-0.1, -0.05) is 0 Å². The summed E-state index contributed by atoms with van der Waals surface area (Å²) in [5.41, 5.74) is 2.78. The molecule has 1 aliphatic heterocycles. The van der Waals surface area contributed by atoms with Crippen LogP contribution >= 0.6 is 0 Å². The Morgan fingerprint density at radius 2 is 2.13 bits per heavy atom. The third kappa shape index (κ3) is 3.41. The fourth-order valence-electron chi connectivity index (χ4n) is 2.97. The van der Waals surface area contributed by atoms with Gasteiger partial charge in [-0.2, -0.15) is 5.10 Å². The summed E-state index contributed by atoms with van der Waals surface area (Å²) in [5.74, 6) is 0.400. The molecule has 1 amide bonds. The molecule has 2 aromatic rings. The number of amides is 1. The topological polar surface area (TPSA) is 63.9 Å². The predicted octanol–water partition coefficient (Wildman–Crippen LogP) is 2.65. The monoisotopic (exact) mass is 313 g/mol. The maximum atomic E-state index is 11.6. The number of aromatic nitrogens is 4. The van der Waals surface area contributed by atoms with Crippen molar-refractivity contribution in [1.82, 2.24) is 24.6 Å². The van der Waals surface area contributed by atoms with Crippen molar-refractivity contribution in [2.45, 2.75) is 45.6 Å². The molecular weight excluding hydrogens is 290 g/mol. The molecule has 0 spiro atoms. The van der Waals surface area contributed by atoms with Crippen molar-refractivity contribution in [3.63, 3.8) is 0 Å². The maximum Gasteiger partial charge on any atom is 0.219 e. The molecule has 1 atom stereocenters. The van der Waals surface area contributed by atoms with Crippen LogP contribution in [0.15, 0.2) is 24.8 Å². The van der Waals surface area contributed by atoms with E-state index < -0.39 is 0 Å². The molecule has 2 aromatic heterocycles. The largest absolute Gasteiger partial charge is 0.342 e. The summed E-state index contributed by atoms with van der Waals surface area (Å²) in [5, 5.41) is 4.37. The Morgan fingerprint density at radius 1 is 1.30 bits per heavy atom. The molecule has 0 saturated carbocycles. The van der Waals surface area contributed by atoms with Crippen molar-refractivity contribution in [3.8, 4) is 11.3 Å². The molecule has 3 rings (SSSR count). The lowest BCUT2D eigenvalue weighted by atomic mass is 9.95. The van der Waals surface area contributed by atoms with Gasteiger partial charge in [0.05, 0.1) is 23.8 Å². The van der Waals surface area contributed by atoms with Crippen LogP contribution in [0.25, 0.3) is 11.3 Å². The summed E-state index contributed by atoms with van der Waals surface area (Å²) in [6.45, 7) is 7.40. The molecule has 0 N–H and O–H groups in total. The summed E-state index contributed by atoms with van der Waals surface area (Å²) < 4.78 is 1.92. The number of likely N-dealkylation sites (tertiary alicyclic amines) is 1. The number of carbonyl (C=O) groups excluding carboxylic acids is 1. The van der Waals surface area contributed by atoms with E-state index in [-0.39, 0.29) is 11.8 Å². The zero-order valence-corrected chi connectivity index (χ0v) is 13.9. The van der Waals surface area contributed by atoms with Gasteiger partial charge in [-0.25, -0.2) is 4.98 Å². The summed E-state index contributed by atoms with van der Waals surface area (Å²) in [6.07, 6.45) is 9.49. The lowest BCUT2D eigenvalue weighted by molar-refractivity contribution is -0.130. The van der Waals surface area contributed by atoms with Gasteiger partial charge in [0.25, 0.3) is 0 Å². The second kappa shape index (κ2) is 6.48. The number of rotatable bonds is 3. The van der Waals surface area contributed by atoms with E-state index in [2.05, 4.69) is 23.9 Å². The zero-order valence-electron chi connectivity index (χ0n) is 13.9. The van der Waals surface area contributed by atoms with Gasteiger partial charge < -0.3 is 4.90 Å². The van der Waals surface area contributed by atoms with Crippen LogP contribution in [0.4, 0.5) is 0 Å². The van der Waals surface area contributed by atoms with Crippen molar-refractivity contribution in [1.29, 1.82) is 0 Å². The van der Waals surface area contributed by atoms with E-state index in [4.69, 9.17) is 4.98 Å². The molecule has 1 fully saturated rings. The van der Waals surface area contributed by atoms with Crippen molar-refractivity contribution >= 4 is 5.91 Å². The van der Waals surface area contributed by atoms with Crippen molar-refractivity contribution in [3.05, 3.63) is 30.5 Å². The predicted molar refractivity (Wildman–Crippen MR) is 87.9 cm³/mol. The number of piperidine rings is 1. The van der Waals surface area contributed by atoms with Crippen molar-refractivity contribution in [2.75, 3.05) is 13.1 Å². The molecule has 1 aliphatic rings. The van der Waals surface area contributed by atoms with Crippen LogP contribution < -0.4 is 0 Å². The fourth-order valence-corrected chi connectivity index (χ4v) is 2.97. The minimum absolute atomic E-state index is 0.136. The van der Waals surface area contributed by atoms with Gasteiger partial charge in [-0.05, 0) is 26.7 Å². The number of nitrogens with zero attached hydrogens (tertiary/aromatic N) is 5. The van der Waals surface area contributed by atoms with Crippen molar-refractivity contribution < 1.29 is 4.79 Å². The lowest BCUT2D eigenvalue weighted by Crippen LogP contribution is -2.37. The smallest absolute Gasteiger partial charge is 0.219 e. The number of carbonyl (C=O) groups is 1. The van der Waals surface area contributed by atoms with E-state index in [0.29, 0.717) is 6.04 Å². The van der Waals surface area contributed by atoms with Gasteiger partial charge in [-0.3, -0.25) is 14.5 Å². The van der Waals surface area contributed by atoms with Crippen LogP contribution in [0.2, 0.25) is 0 Å². The Bertz CT molecular complexity index is 694. The maximum absolute atomic E-state index is 11.6. The van der Waals surface area contributed by atoms with Crippen LogP contribution in [0.5, 0.6) is 0 Å². The van der Waals surface area contributed by atoms with E-state index >= 15 is 0 Å². The van der Waals surface area contributed by atoms with Gasteiger partial charge in [-0.15, -0.1) is 0 Å². The molecule has 0 aromatic carbocycles. The molecule has 0 radical (unpaired) electrons. The van der Waals surface area contributed by atoms with Crippen LogP contribution in [-0.2, 0) is 4.79 Å². The molecule has 6 nitrogen and oxygen atoms in total. The molecule has 0 unspecified atom stereocenters. The van der Waals surface area contributed by atoms with Crippen LogP contribution in [0.3, 0.4) is 0 Å². The Balaban J connectivity index is 1.83. The van der Waals surface area contributed by atoms with Crippen LogP contribution in [0.1, 0.15) is 51.3 Å². The van der Waals surface area contributed by atoms with E-state index in [1.165, 1.54) is 0 Å². The van der Waals surface area contributed by atoms with E-state index in [1.54, 1.807) is 13.1 Å². The Morgan fingerprint density at radius 3 is 2.83 bits per heavy atom. The van der Waals surface area contributed by atoms with Gasteiger partial charge >= 0.3 is 0 Å². The van der Waals surface area contributed by atoms with Gasteiger partial charge in [0.1, 0.15) is 0 Å². The summed E-state index contributed by atoms with van der Waals surface area (Å²) in [7, 11) is 0. The van der Waals surface area contributed by atoms with Gasteiger partial charge in [0, 0.05) is 49.9 Å². The number of hydrogen-bond acceptors (Lipinski definition) is 4. The molecule has 3 heterocycles. The van der Waals surface area contributed by atoms with Crippen LogP contribution in [0, 0.1) is 0 Å².